The summed E-state index contributed by atoms with van der Waals surface area (Å²) in [6, 6.07) is 16.4. The van der Waals surface area contributed by atoms with Crippen LogP contribution in [0.3, 0.4) is 0 Å². The minimum Gasteiger partial charge on any atom is -0.489 e. The third-order valence-corrected chi connectivity index (χ3v) is 6.91. The molecule has 1 N–H and O–H groups in total. The SMILES string of the molecule is C=Cc1[nH]c2ccc(OCc3ccccc3)cc2c1C(=CC(C1C=CC=NC=C1)C(C)CC)COC. The zero-order valence-corrected chi connectivity index (χ0v) is 21.5. The van der Waals surface area contributed by atoms with Crippen LogP contribution in [-0.4, -0.2) is 24.9 Å². The predicted molar refractivity (Wildman–Crippen MR) is 152 cm³/mol. The van der Waals surface area contributed by atoms with Crippen LogP contribution in [0, 0.1) is 17.8 Å². The highest BCUT2D eigenvalue weighted by molar-refractivity contribution is 5.97. The molecule has 0 amide bonds. The first-order valence-electron chi connectivity index (χ1n) is 12.7. The van der Waals surface area contributed by atoms with Crippen molar-refractivity contribution in [3.8, 4) is 5.75 Å². The molecule has 3 atom stereocenters. The van der Waals surface area contributed by atoms with E-state index in [-0.39, 0.29) is 5.92 Å². The zero-order valence-electron chi connectivity index (χ0n) is 21.5. The second-order valence-corrected chi connectivity index (χ2v) is 9.29. The highest BCUT2D eigenvalue weighted by Crippen LogP contribution is 2.36. The van der Waals surface area contributed by atoms with Gasteiger partial charge < -0.3 is 14.5 Å². The molecule has 1 aromatic heterocycles. The van der Waals surface area contributed by atoms with Gasteiger partial charge in [-0.3, -0.25) is 4.99 Å². The number of benzene rings is 2. The summed E-state index contributed by atoms with van der Waals surface area (Å²) in [7, 11) is 1.75. The Kier molecular flexibility index (Phi) is 8.75. The Labute approximate surface area is 214 Å². The molecule has 0 spiro atoms. The van der Waals surface area contributed by atoms with Gasteiger partial charge >= 0.3 is 0 Å². The molecule has 1 aliphatic heterocycles. The molecule has 0 saturated heterocycles. The quantitative estimate of drug-likeness (QED) is 0.304. The molecular weight excluding hydrogens is 444 g/mol. The number of nitrogens with one attached hydrogen (secondary N) is 1. The number of H-pyrrole nitrogens is 1. The Morgan fingerprint density at radius 3 is 2.75 bits per heavy atom. The van der Waals surface area contributed by atoms with Gasteiger partial charge in [-0.2, -0.15) is 0 Å². The molecule has 3 unspecified atom stereocenters. The van der Waals surface area contributed by atoms with Crippen LogP contribution in [0.2, 0.25) is 0 Å². The molecule has 0 saturated carbocycles. The van der Waals surface area contributed by atoms with Crippen LogP contribution in [0.15, 0.2) is 90.6 Å². The number of hydrogen-bond donors (Lipinski definition) is 1. The summed E-state index contributed by atoms with van der Waals surface area (Å²) in [4.78, 5) is 7.84. The van der Waals surface area contributed by atoms with E-state index in [9.17, 15) is 0 Å². The van der Waals surface area contributed by atoms with Gasteiger partial charge in [-0.05, 0) is 53.3 Å². The number of hydrogen-bond acceptors (Lipinski definition) is 3. The largest absolute Gasteiger partial charge is 0.489 e. The van der Waals surface area contributed by atoms with Gasteiger partial charge in [0.25, 0.3) is 0 Å². The van der Waals surface area contributed by atoms with E-state index in [2.05, 4.69) is 72.9 Å². The van der Waals surface area contributed by atoms with Crippen molar-refractivity contribution in [3.63, 3.8) is 0 Å². The monoisotopic (exact) mass is 480 g/mol. The third-order valence-electron chi connectivity index (χ3n) is 6.91. The number of rotatable bonds is 11. The molecule has 2 aromatic carbocycles. The molecule has 3 aromatic rings. The number of allylic oxidation sites excluding steroid dienone is 4. The third kappa shape index (κ3) is 5.95. The summed E-state index contributed by atoms with van der Waals surface area (Å²) < 4.78 is 11.9. The van der Waals surface area contributed by atoms with E-state index in [4.69, 9.17) is 9.47 Å². The molecule has 0 radical (unpaired) electrons. The van der Waals surface area contributed by atoms with Gasteiger partial charge in [-0.1, -0.05) is 75.4 Å². The van der Waals surface area contributed by atoms with Crippen molar-refractivity contribution in [2.75, 3.05) is 13.7 Å². The van der Waals surface area contributed by atoms with Crippen LogP contribution in [0.1, 0.15) is 37.1 Å². The molecule has 36 heavy (non-hydrogen) atoms. The lowest BCUT2D eigenvalue weighted by Gasteiger charge is -2.26. The Morgan fingerprint density at radius 1 is 1.17 bits per heavy atom. The van der Waals surface area contributed by atoms with Crippen LogP contribution >= 0.6 is 0 Å². The van der Waals surface area contributed by atoms with Crippen LogP contribution in [0.4, 0.5) is 0 Å². The average Bonchev–Trinajstić information content (AvgIpc) is 3.07. The molecular formula is C32H36N2O2. The fourth-order valence-electron chi connectivity index (χ4n) is 4.79. The predicted octanol–water partition coefficient (Wildman–Crippen LogP) is 7.85. The second kappa shape index (κ2) is 12.4. The van der Waals surface area contributed by atoms with Crippen molar-refractivity contribution in [2.45, 2.75) is 26.9 Å². The van der Waals surface area contributed by atoms with Crippen LogP contribution < -0.4 is 4.74 Å². The number of aromatic amines is 1. The summed E-state index contributed by atoms with van der Waals surface area (Å²) in [5.74, 6) is 1.88. The summed E-state index contributed by atoms with van der Waals surface area (Å²) in [5, 5.41) is 1.11. The lowest BCUT2D eigenvalue weighted by atomic mass is 9.79. The molecule has 1 aliphatic rings. The zero-order chi connectivity index (χ0) is 25.3. The number of ether oxygens (including phenoxy) is 2. The van der Waals surface area contributed by atoms with E-state index < -0.39 is 0 Å². The Bertz CT molecular complexity index is 1260. The van der Waals surface area contributed by atoms with Crippen molar-refractivity contribution >= 4 is 28.8 Å². The van der Waals surface area contributed by atoms with Gasteiger partial charge in [0.2, 0.25) is 0 Å². The molecule has 4 nitrogen and oxygen atoms in total. The number of fused-ring (bicyclic) bond motifs is 1. The van der Waals surface area contributed by atoms with Crippen LogP contribution in [0.5, 0.6) is 5.75 Å². The van der Waals surface area contributed by atoms with E-state index >= 15 is 0 Å². The van der Waals surface area contributed by atoms with E-state index in [1.807, 2.05) is 48.8 Å². The highest BCUT2D eigenvalue weighted by Gasteiger charge is 2.24. The Hall–Kier alpha value is -3.63. The van der Waals surface area contributed by atoms with E-state index in [0.717, 1.165) is 45.5 Å². The summed E-state index contributed by atoms with van der Waals surface area (Å²) in [6.45, 7) is 9.69. The average molecular weight is 481 g/mol. The molecule has 2 heterocycles. The smallest absolute Gasteiger partial charge is 0.120 e. The lowest BCUT2D eigenvalue weighted by molar-refractivity contribution is 0.238. The lowest BCUT2D eigenvalue weighted by Crippen LogP contribution is -2.18. The summed E-state index contributed by atoms with van der Waals surface area (Å²) >= 11 is 0. The van der Waals surface area contributed by atoms with Crippen molar-refractivity contribution in [3.05, 3.63) is 102 Å². The Balaban J connectivity index is 1.76. The van der Waals surface area contributed by atoms with Crippen molar-refractivity contribution in [1.29, 1.82) is 0 Å². The topological polar surface area (TPSA) is 46.6 Å². The fourth-order valence-corrected chi connectivity index (χ4v) is 4.79. The first-order valence-corrected chi connectivity index (χ1v) is 12.7. The van der Waals surface area contributed by atoms with Crippen molar-refractivity contribution in [2.24, 2.45) is 22.7 Å². The molecule has 0 fully saturated rings. The van der Waals surface area contributed by atoms with E-state index in [1.54, 1.807) is 7.11 Å². The molecule has 4 heteroatoms. The number of aliphatic imine (C=N–C) groups is 1. The van der Waals surface area contributed by atoms with Gasteiger partial charge in [0.1, 0.15) is 12.4 Å². The highest BCUT2D eigenvalue weighted by atomic mass is 16.5. The van der Waals surface area contributed by atoms with Crippen LogP contribution in [-0.2, 0) is 11.3 Å². The number of aromatic nitrogens is 1. The van der Waals surface area contributed by atoms with Gasteiger partial charge in [0.15, 0.2) is 0 Å². The minimum absolute atomic E-state index is 0.261. The second-order valence-electron chi connectivity index (χ2n) is 9.29. The van der Waals surface area contributed by atoms with Gasteiger partial charge in [0.05, 0.1) is 6.61 Å². The molecule has 0 bridgehead atoms. The molecule has 4 rings (SSSR count). The fraction of sp³-hybridized carbons (Fsp3) is 0.281. The van der Waals surface area contributed by atoms with E-state index in [0.29, 0.717) is 25.0 Å². The maximum Gasteiger partial charge on any atom is 0.120 e. The van der Waals surface area contributed by atoms with Gasteiger partial charge in [-0.25, -0.2) is 0 Å². The first kappa shape index (κ1) is 25.5. The summed E-state index contributed by atoms with van der Waals surface area (Å²) in [6.07, 6.45) is 15.6. The maximum absolute atomic E-state index is 6.16. The standard InChI is InChI=1S/C32H36N2O2/c1-5-23(3)28(25-13-10-17-33-18-16-25)19-26(22-35-4)32-29-20-27(14-15-31(29)34-30(32)6-2)36-21-24-11-8-7-9-12-24/h6-20,23,25,28,34H,2,5,21-22H2,1,3-4H3. The van der Waals surface area contributed by atoms with Crippen molar-refractivity contribution < 1.29 is 9.47 Å². The maximum atomic E-state index is 6.16. The first-order chi connectivity index (χ1) is 17.6. The number of nitrogens with zero attached hydrogens (tertiary/aromatic N) is 1. The normalized spacial score (nSPS) is 17.2. The van der Waals surface area contributed by atoms with Gasteiger partial charge in [0, 0.05) is 47.6 Å². The summed E-state index contributed by atoms with van der Waals surface area (Å²) in [5.41, 5.74) is 5.46. The van der Waals surface area contributed by atoms with Gasteiger partial charge in [-0.15, -0.1) is 0 Å². The number of methoxy groups -OCH3 is 1. The van der Waals surface area contributed by atoms with Crippen molar-refractivity contribution in [1.82, 2.24) is 4.98 Å². The molecule has 186 valence electrons. The molecule has 0 aliphatic carbocycles. The van der Waals surface area contributed by atoms with E-state index in [1.165, 1.54) is 0 Å². The van der Waals surface area contributed by atoms with Crippen LogP contribution in [0.25, 0.3) is 22.6 Å². The minimum atomic E-state index is 0.261. The Morgan fingerprint density at radius 2 is 2.00 bits per heavy atom.